The van der Waals surface area contributed by atoms with Gasteiger partial charge in [-0.05, 0) is 43.5 Å². The molecule has 1 heterocycles. The summed E-state index contributed by atoms with van der Waals surface area (Å²) in [6, 6.07) is 7.41. The monoisotopic (exact) mass is 318 g/mol. The molecule has 0 bridgehead atoms. The lowest BCUT2D eigenvalue weighted by molar-refractivity contribution is 0.428. The molecule has 0 aliphatic carbocycles. The van der Waals surface area contributed by atoms with Crippen molar-refractivity contribution >= 4 is 28.4 Å². The first-order chi connectivity index (χ1) is 10.1. The van der Waals surface area contributed by atoms with Gasteiger partial charge in [0, 0.05) is 22.5 Å². The van der Waals surface area contributed by atoms with Gasteiger partial charge >= 0.3 is 0 Å². The van der Waals surface area contributed by atoms with Gasteiger partial charge in [-0.15, -0.1) is 11.8 Å². The van der Waals surface area contributed by atoms with E-state index < -0.39 is 0 Å². The molecule has 21 heavy (non-hydrogen) atoms. The van der Waals surface area contributed by atoms with Crippen molar-refractivity contribution in [2.24, 2.45) is 4.99 Å². The molecule has 0 amide bonds. The number of thioether (sulfide) groups is 1. The van der Waals surface area contributed by atoms with Crippen molar-refractivity contribution in [3.05, 3.63) is 58.0 Å². The lowest BCUT2D eigenvalue weighted by Crippen LogP contribution is -1.97. The molecule has 1 aromatic carbocycles. The number of nitriles is 1. The topological polar surface area (TPSA) is 56.4 Å². The Hall–Kier alpha value is -1.70. The van der Waals surface area contributed by atoms with Crippen LogP contribution in [0.15, 0.2) is 46.8 Å². The Morgan fingerprint density at radius 3 is 3.00 bits per heavy atom. The summed E-state index contributed by atoms with van der Waals surface area (Å²) in [7, 11) is 0. The van der Waals surface area contributed by atoms with Gasteiger partial charge < -0.3 is 5.11 Å². The zero-order chi connectivity index (χ0) is 15.2. The minimum atomic E-state index is 0.274. The standard InChI is InChI=1S/C16H15ClN2OS/c1-11-7-14(20)3-2-4-16(19-11)21-10-13-6-5-12(9-18)8-15(13)17/h3,5-8,20H,2,4,10H2,1H3/b11-7-,14-3+,19-16?. The summed E-state index contributed by atoms with van der Waals surface area (Å²) in [5, 5.41) is 20.0. The van der Waals surface area contributed by atoms with Crippen molar-refractivity contribution in [2.75, 3.05) is 0 Å². The van der Waals surface area contributed by atoms with Crippen molar-refractivity contribution in [1.29, 1.82) is 5.26 Å². The summed E-state index contributed by atoms with van der Waals surface area (Å²) < 4.78 is 0. The summed E-state index contributed by atoms with van der Waals surface area (Å²) in [4.78, 5) is 4.51. The van der Waals surface area contributed by atoms with Crippen LogP contribution in [0.2, 0.25) is 5.02 Å². The molecule has 1 aliphatic rings. The van der Waals surface area contributed by atoms with Crippen molar-refractivity contribution < 1.29 is 5.11 Å². The Kier molecular flexibility index (Phi) is 5.49. The molecule has 2 rings (SSSR count). The third-order valence-electron chi connectivity index (χ3n) is 2.95. The fraction of sp³-hybridized carbons (Fsp3) is 0.250. The number of aliphatic imine (C=N–C) groups is 1. The molecule has 0 unspecified atom stereocenters. The van der Waals surface area contributed by atoms with Crippen molar-refractivity contribution in [3.8, 4) is 6.07 Å². The van der Waals surface area contributed by atoms with Gasteiger partial charge in [0.25, 0.3) is 0 Å². The van der Waals surface area contributed by atoms with E-state index in [0.29, 0.717) is 16.3 Å². The van der Waals surface area contributed by atoms with E-state index in [2.05, 4.69) is 11.1 Å². The molecule has 0 radical (unpaired) electrons. The molecule has 0 saturated heterocycles. The highest BCUT2D eigenvalue weighted by Crippen LogP contribution is 2.25. The fourth-order valence-electron chi connectivity index (χ4n) is 1.90. The van der Waals surface area contributed by atoms with Crippen molar-refractivity contribution in [1.82, 2.24) is 0 Å². The smallest absolute Gasteiger partial charge is 0.113 e. The molecule has 1 aliphatic heterocycles. The summed E-state index contributed by atoms with van der Waals surface area (Å²) in [6.07, 6.45) is 5.03. The Morgan fingerprint density at radius 1 is 1.48 bits per heavy atom. The summed E-state index contributed by atoms with van der Waals surface area (Å²) in [5.74, 6) is 0.988. The molecular weight excluding hydrogens is 304 g/mol. The van der Waals surface area contributed by atoms with Gasteiger partial charge in [0.1, 0.15) is 5.76 Å². The zero-order valence-electron chi connectivity index (χ0n) is 11.6. The minimum absolute atomic E-state index is 0.274. The molecule has 1 N–H and O–H groups in total. The number of aliphatic hydroxyl groups excluding tert-OH is 1. The predicted molar refractivity (Wildman–Crippen MR) is 88.6 cm³/mol. The van der Waals surface area contributed by atoms with Crippen molar-refractivity contribution in [3.63, 3.8) is 0 Å². The van der Waals surface area contributed by atoms with Crippen LogP contribution in [0.4, 0.5) is 0 Å². The van der Waals surface area contributed by atoms with Crippen LogP contribution in [0.3, 0.4) is 0 Å². The van der Waals surface area contributed by atoms with Crippen LogP contribution in [0.1, 0.15) is 30.9 Å². The average molecular weight is 319 g/mol. The Balaban J connectivity index is 2.06. The van der Waals surface area contributed by atoms with Crippen LogP contribution in [0.25, 0.3) is 0 Å². The summed E-state index contributed by atoms with van der Waals surface area (Å²) >= 11 is 7.81. The molecular formula is C16H15ClN2OS. The second-order valence-corrected chi connectivity index (χ2v) is 6.12. The Labute approximate surface area is 133 Å². The minimum Gasteiger partial charge on any atom is -0.508 e. The van der Waals surface area contributed by atoms with Crippen LogP contribution in [-0.2, 0) is 5.75 Å². The number of allylic oxidation sites excluding steroid dienone is 3. The number of rotatable bonds is 2. The molecule has 0 atom stereocenters. The van der Waals surface area contributed by atoms with Crippen LogP contribution in [0.5, 0.6) is 0 Å². The molecule has 0 aromatic heterocycles. The van der Waals surface area contributed by atoms with Gasteiger partial charge in [-0.3, -0.25) is 4.99 Å². The van der Waals surface area contributed by atoms with E-state index in [9.17, 15) is 5.11 Å². The maximum atomic E-state index is 9.53. The molecule has 3 nitrogen and oxygen atoms in total. The van der Waals surface area contributed by atoms with E-state index in [4.69, 9.17) is 16.9 Å². The number of aliphatic hydroxyl groups is 1. The van der Waals surface area contributed by atoms with E-state index in [-0.39, 0.29) is 5.76 Å². The highest BCUT2D eigenvalue weighted by atomic mass is 35.5. The molecule has 1 aromatic rings. The molecule has 0 spiro atoms. The number of hydrogen-bond donors (Lipinski definition) is 1. The highest BCUT2D eigenvalue weighted by Gasteiger charge is 2.07. The van der Waals surface area contributed by atoms with Gasteiger partial charge in [-0.2, -0.15) is 5.26 Å². The van der Waals surface area contributed by atoms with Gasteiger partial charge in [-0.25, -0.2) is 0 Å². The fourth-order valence-corrected chi connectivity index (χ4v) is 3.27. The zero-order valence-corrected chi connectivity index (χ0v) is 13.2. The molecule has 0 saturated carbocycles. The highest BCUT2D eigenvalue weighted by molar-refractivity contribution is 8.13. The second-order valence-electron chi connectivity index (χ2n) is 4.67. The number of benzene rings is 1. The van der Waals surface area contributed by atoms with Gasteiger partial charge in [0.15, 0.2) is 0 Å². The molecule has 108 valence electrons. The third-order valence-corrected chi connectivity index (χ3v) is 4.38. The summed E-state index contributed by atoms with van der Waals surface area (Å²) in [6.45, 7) is 1.87. The van der Waals surface area contributed by atoms with E-state index in [0.717, 1.165) is 29.1 Å². The van der Waals surface area contributed by atoms with Crippen LogP contribution in [-0.4, -0.2) is 10.2 Å². The Bertz CT molecular complexity index is 671. The van der Waals surface area contributed by atoms with E-state index in [1.807, 2.05) is 13.0 Å². The first kappa shape index (κ1) is 15.7. The maximum Gasteiger partial charge on any atom is 0.113 e. The lowest BCUT2D eigenvalue weighted by Gasteiger charge is -2.09. The quantitative estimate of drug-likeness (QED) is 0.836. The van der Waals surface area contributed by atoms with E-state index in [1.165, 1.54) is 0 Å². The van der Waals surface area contributed by atoms with E-state index >= 15 is 0 Å². The summed E-state index contributed by atoms with van der Waals surface area (Å²) in [5.41, 5.74) is 2.35. The van der Waals surface area contributed by atoms with Crippen molar-refractivity contribution in [2.45, 2.75) is 25.5 Å². The predicted octanol–water partition coefficient (Wildman–Crippen LogP) is 4.98. The largest absolute Gasteiger partial charge is 0.508 e. The number of halogens is 1. The van der Waals surface area contributed by atoms with Gasteiger partial charge in [0.2, 0.25) is 0 Å². The number of hydrogen-bond acceptors (Lipinski definition) is 4. The number of nitrogens with zero attached hydrogens (tertiary/aromatic N) is 2. The van der Waals surface area contributed by atoms with E-state index in [1.54, 1.807) is 36.0 Å². The maximum absolute atomic E-state index is 9.53. The first-order valence-electron chi connectivity index (χ1n) is 6.55. The van der Waals surface area contributed by atoms with Crippen LogP contribution < -0.4 is 0 Å². The Morgan fingerprint density at radius 2 is 2.29 bits per heavy atom. The molecule has 5 heteroatoms. The third kappa shape index (κ3) is 4.66. The van der Waals surface area contributed by atoms with Gasteiger partial charge in [0.05, 0.1) is 16.7 Å². The van der Waals surface area contributed by atoms with Crippen LogP contribution in [0, 0.1) is 11.3 Å². The normalized spacial score (nSPS) is 20.1. The molecule has 0 fully saturated rings. The SMILES string of the molecule is C/C1=C/C(O)=C\CCC(SCc2ccc(C#N)cc2Cl)=N1. The average Bonchev–Trinajstić information content (AvgIpc) is 2.43. The lowest BCUT2D eigenvalue weighted by atomic mass is 10.2. The second kappa shape index (κ2) is 7.35. The van der Waals surface area contributed by atoms with Crippen LogP contribution >= 0.6 is 23.4 Å². The first-order valence-corrected chi connectivity index (χ1v) is 7.91. The van der Waals surface area contributed by atoms with Gasteiger partial charge in [-0.1, -0.05) is 17.7 Å².